The zero-order valence-corrected chi connectivity index (χ0v) is 14.6. The highest BCUT2D eigenvalue weighted by molar-refractivity contribution is 7.89. The Morgan fingerprint density at radius 1 is 1.35 bits per heavy atom. The molecule has 23 heavy (non-hydrogen) atoms. The third-order valence-electron chi connectivity index (χ3n) is 4.20. The van der Waals surface area contributed by atoms with Crippen molar-refractivity contribution in [3.63, 3.8) is 0 Å². The lowest BCUT2D eigenvalue weighted by Gasteiger charge is -2.36. The van der Waals surface area contributed by atoms with Crippen molar-refractivity contribution in [3.8, 4) is 0 Å². The van der Waals surface area contributed by atoms with E-state index < -0.39 is 22.2 Å². The number of methoxy groups -OCH3 is 1. The van der Waals surface area contributed by atoms with Crippen LogP contribution in [0.4, 0.5) is 5.69 Å². The number of ether oxygens (including phenoxy) is 1. The summed E-state index contributed by atoms with van der Waals surface area (Å²) < 4.78 is 31.2. The minimum absolute atomic E-state index is 0.130. The maximum Gasteiger partial charge on any atom is 0.245 e. The summed E-state index contributed by atoms with van der Waals surface area (Å²) in [4.78, 5) is 14.4. The van der Waals surface area contributed by atoms with Crippen molar-refractivity contribution in [1.29, 1.82) is 0 Å². The number of anilines is 1. The van der Waals surface area contributed by atoms with Crippen LogP contribution < -0.4 is 4.90 Å². The largest absolute Gasteiger partial charge is 0.381 e. The van der Waals surface area contributed by atoms with Gasteiger partial charge in [0.25, 0.3) is 0 Å². The number of hydrogen-bond acceptors (Lipinski definition) is 4. The number of rotatable bonds is 6. The Hall–Kier alpha value is -1.44. The number of benzene rings is 1. The quantitative estimate of drug-likeness (QED) is 0.787. The fraction of sp³-hybridized carbons (Fsp3) is 0.562. The summed E-state index contributed by atoms with van der Waals surface area (Å²) in [6.07, 6.45) is 0.899. The van der Waals surface area contributed by atoms with E-state index in [1.54, 1.807) is 11.8 Å². The minimum Gasteiger partial charge on any atom is -0.381 e. The van der Waals surface area contributed by atoms with Gasteiger partial charge in [-0.25, -0.2) is 8.42 Å². The first-order valence-corrected chi connectivity index (χ1v) is 9.32. The Kier molecular flexibility index (Phi) is 5.78. The van der Waals surface area contributed by atoms with E-state index in [0.717, 1.165) is 12.1 Å². The summed E-state index contributed by atoms with van der Waals surface area (Å²) in [5.74, 6) is -0.298. The lowest BCUT2D eigenvalue weighted by atomic mass is 10.0. The van der Waals surface area contributed by atoms with Crippen LogP contribution in [0.2, 0.25) is 0 Å². The van der Waals surface area contributed by atoms with Crippen molar-refractivity contribution in [2.45, 2.75) is 31.9 Å². The number of sulfonamides is 1. The summed E-state index contributed by atoms with van der Waals surface area (Å²) in [6, 6.07) is 8.69. The number of nitrogens with zero attached hydrogens (tertiary/aromatic N) is 2. The van der Waals surface area contributed by atoms with E-state index in [2.05, 4.69) is 0 Å². The predicted molar refractivity (Wildman–Crippen MR) is 89.8 cm³/mol. The topological polar surface area (TPSA) is 66.9 Å². The second-order valence-corrected chi connectivity index (χ2v) is 7.90. The molecule has 1 aliphatic heterocycles. The van der Waals surface area contributed by atoms with Crippen molar-refractivity contribution >= 4 is 21.6 Å². The van der Waals surface area contributed by atoms with Crippen LogP contribution in [-0.4, -0.2) is 57.2 Å². The minimum atomic E-state index is -3.55. The van der Waals surface area contributed by atoms with E-state index in [4.69, 9.17) is 4.74 Å². The van der Waals surface area contributed by atoms with Gasteiger partial charge in [-0.3, -0.25) is 4.79 Å². The number of carbonyl (C=O) groups excluding carboxylic acids is 1. The molecule has 1 amide bonds. The van der Waals surface area contributed by atoms with Gasteiger partial charge in [-0.05, 0) is 31.9 Å². The fourth-order valence-corrected chi connectivity index (χ4v) is 4.28. The van der Waals surface area contributed by atoms with Crippen LogP contribution in [0.25, 0.3) is 0 Å². The molecule has 0 radical (unpaired) electrons. The molecule has 0 aromatic heterocycles. The number of carbonyl (C=O) groups is 1. The van der Waals surface area contributed by atoms with Gasteiger partial charge < -0.3 is 9.64 Å². The molecule has 1 fully saturated rings. The molecule has 2 rings (SSSR count). The van der Waals surface area contributed by atoms with Crippen molar-refractivity contribution < 1.29 is 17.9 Å². The fourth-order valence-electron chi connectivity index (χ4n) is 2.73. The van der Waals surface area contributed by atoms with Gasteiger partial charge in [0, 0.05) is 26.4 Å². The second-order valence-electron chi connectivity index (χ2n) is 5.82. The lowest BCUT2D eigenvalue weighted by molar-refractivity contribution is -0.123. The molecule has 0 aliphatic carbocycles. The van der Waals surface area contributed by atoms with Crippen LogP contribution in [0.15, 0.2) is 30.3 Å². The Morgan fingerprint density at radius 3 is 2.61 bits per heavy atom. The van der Waals surface area contributed by atoms with E-state index in [0.29, 0.717) is 13.0 Å². The lowest BCUT2D eigenvalue weighted by Crippen LogP contribution is -2.53. The average molecular weight is 340 g/mol. The molecular formula is C16H24N2O4S. The summed E-state index contributed by atoms with van der Waals surface area (Å²) in [6.45, 7) is 2.31. The van der Waals surface area contributed by atoms with Crippen LogP contribution in [-0.2, 0) is 19.6 Å². The van der Waals surface area contributed by atoms with Crippen molar-refractivity contribution in [2.24, 2.45) is 0 Å². The average Bonchev–Trinajstić information content (AvgIpc) is 2.54. The van der Waals surface area contributed by atoms with E-state index in [1.165, 1.54) is 18.5 Å². The van der Waals surface area contributed by atoms with Gasteiger partial charge in [-0.2, -0.15) is 4.31 Å². The summed E-state index contributed by atoms with van der Waals surface area (Å²) in [7, 11) is -0.593. The number of amides is 1. The molecule has 0 unspecified atom stereocenters. The molecular weight excluding hydrogens is 316 g/mol. The number of hydrogen-bond donors (Lipinski definition) is 0. The first-order chi connectivity index (χ1) is 10.9. The number of para-hydroxylation sites is 1. The monoisotopic (exact) mass is 340 g/mol. The Bertz CT molecular complexity index is 633. The Morgan fingerprint density at radius 2 is 2.00 bits per heavy atom. The third-order valence-corrected chi connectivity index (χ3v) is 6.23. The molecule has 1 saturated heterocycles. The molecule has 1 aliphatic rings. The van der Waals surface area contributed by atoms with Gasteiger partial charge in [-0.1, -0.05) is 18.2 Å². The summed E-state index contributed by atoms with van der Waals surface area (Å²) in [5.41, 5.74) is 0.804. The molecule has 0 N–H and O–H groups in total. The summed E-state index contributed by atoms with van der Waals surface area (Å²) in [5, 5.41) is 0. The van der Waals surface area contributed by atoms with Crippen molar-refractivity contribution in [3.05, 3.63) is 30.3 Å². The molecule has 1 heterocycles. The highest BCUT2D eigenvalue weighted by atomic mass is 32.2. The molecule has 7 heteroatoms. The molecule has 0 bridgehead atoms. The van der Waals surface area contributed by atoms with Crippen LogP contribution in [0.3, 0.4) is 0 Å². The van der Waals surface area contributed by atoms with Crippen LogP contribution in [0.5, 0.6) is 0 Å². The molecule has 2 atom stereocenters. The first-order valence-electron chi connectivity index (χ1n) is 7.71. The molecule has 1 aromatic carbocycles. The normalized spacial score (nSPS) is 20.8. The Balaban J connectivity index is 2.17. The van der Waals surface area contributed by atoms with Crippen LogP contribution in [0, 0.1) is 0 Å². The zero-order valence-electron chi connectivity index (χ0n) is 13.8. The molecule has 128 valence electrons. The maximum atomic E-state index is 12.8. The molecule has 0 spiro atoms. The number of likely N-dealkylation sites (N-methyl/N-ethyl adjacent to an activating group) is 1. The first kappa shape index (κ1) is 17.9. The van der Waals surface area contributed by atoms with Crippen LogP contribution >= 0.6 is 0 Å². The maximum absolute atomic E-state index is 12.8. The Labute approximate surface area is 138 Å². The van der Waals surface area contributed by atoms with Gasteiger partial charge in [0.2, 0.25) is 15.9 Å². The van der Waals surface area contributed by atoms with Crippen molar-refractivity contribution in [1.82, 2.24) is 4.31 Å². The van der Waals surface area contributed by atoms with E-state index in [-0.39, 0.29) is 11.7 Å². The van der Waals surface area contributed by atoms with E-state index >= 15 is 0 Å². The van der Waals surface area contributed by atoms with E-state index in [9.17, 15) is 13.2 Å². The highest BCUT2D eigenvalue weighted by Crippen LogP contribution is 2.24. The predicted octanol–water partition coefficient (Wildman–Crippen LogP) is 1.48. The second kappa shape index (κ2) is 7.42. The third kappa shape index (κ3) is 4.10. The van der Waals surface area contributed by atoms with Gasteiger partial charge >= 0.3 is 0 Å². The highest BCUT2D eigenvalue weighted by Gasteiger charge is 2.37. The zero-order chi connectivity index (χ0) is 17.0. The SMILES string of the molecule is CO[C@@H](C)CS(=O)(=O)N(C)[C@H]1CCCN(c2ccccc2)C1=O. The van der Waals surface area contributed by atoms with Gasteiger partial charge in [0.15, 0.2) is 0 Å². The number of piperidine rings is 1. The molecule has 0 saturated carbocycles. The van der Waals surface area contributed by atoms with Crippen LogP contribution in [0.1, 0.15) is 19.8 Å². The van der Waals surface area contributed by atoms with E-state index in [1.807, 2.05) is 30.3 Å². The van der Waals surface area contributed by atoms with Gasteiger partial charge in [0.1, 0.15) is 6.04 Å². The smallest absolute Gasteiger partial charge is 0.245 e. The summed E-state index contributed by atoms with van der Waals surface area (Å²) >= 11 is 0. The molecule has 1 aromatic rings. The molecule has 6 nitrogen and oxygen atoms in total. The van der Waals surface area contributed by atoms with Gasteiger partial charge in [-0.15, -0.1) is 0 Å². The van der Waals surface area contributed by atoms with Gasteiger partial charge in [0.05, 0.1) is 11.9 Å². The van der Waals surface area contributed by atoms with Crippen molar-refractivity contribution in [2.75, 3.05) is 31.4 Å². The standard InChI is InChI=1S/C16H24N2O4S/c1-13(22-3)12-23(20,21)17(2)15-10-7-11-18(16(15)19)14-8-5-4-6-9-14/h4-6,8-9,13,15H,7,10-12H2,1-3H3/t13-,15-/m0/s1.